The van der Waals surface area contributed by atoms with Gasteiger partial charge in [-0.15, -0.1) is 0 Å². The third kappa shape index (κ3) is 4.32. The van der Waals surface area contributed by atoms with Crippen LogP contribution in [0.1, 0.15) is 36.0 Å². The summed E-state index contributed by atoms with van der Waals surface area (Å²) in [5.41, 5.74) is 4.25. The van der Waals surface area contributed by atoms with E-state index in [1.54, 1.807) is 6.20 Å². The van der Waals surface area contributed by atoms with Crippen LogP contribution in [0.25, 0.3) is 0 Å². The van der Waals surface area contributed by atoms with Crippen LogP contribution in [0.3, 0.4) is 0 Å². The highest BCUT2D eigenvalue weighted by Gasteiger charge is 2.42. The molecule has 0 aliphatic carbocycles. The number of hydrogen-bond donors (Lipinski definition) is 1. The van der Waals surface area contributed by atoms with Crippen LogP contribution in [0.2, 0.25) is 0 Å². The van der Waals surface area contributed by atoms with Gasteiger partial charge in [-0.1, -0.05) is 12.1 Å². The number of nitrogens with zero attached hydrogens (tertiary/aromatic N) is 4. The van der Waals surface area contributed by atoms with E-state index in [2.05, 4.69) is 61.3 Å². The van der Waals surface area contributed by atoms with Crippen LogP contribution in [0, 0.1) is 0 Å². The second kappa shape index (κ2) is 9.42. The van der Waals surface area contributed by atoms with Crippen molar-refractivity contribution in [1.82, 2.24) is 19.9 Å². The molecule has 6 nitrogen and oxygen atoms in total. The van der Waals surface area contributed by atoms with Crippen molar-refractivity contribution in [2.45, 2.75) is 25.6 Å². The van der Waals surface area contributed by atoms with Gasteiger partial charge < -0.3 is 19.5 Å². The molecule has 1 aliphatic rings. The summed E-state index contributed by atoms with van der Waals surface area (Å²) in [5, 5.41) is 4.20. The fourth-order valence-electron chi connectivity index (χ4n) is 4.33. The molecule has 5 rings (SSSR count). The van der Waals surface area contributed by atoms with Gasteiger partial charge in [-0.05, 0) is 79.3 Å². The first-order chi connectivity index (χ1) is 16.2. The standard InChI is InChI=1S/C26H25N5OS/c1-2-32-21-12-10-20(11-13-21)31-25(24(29-26(31)33)22-8-3-4-15-28-22)23-9-6-16-30(23)18-19-7-5-14-27-17-19/h3-17,24-25H,2,18H2,1H3,(H,29,33)/t24-,25-/m0/s1. The minimum absolute atomic E-state index is 0.0722. The molecule has 1 aliphatic heterocycles. The molecule has 1 fully saturated rings. The predicted octanol–water partition coefficient (Wildman–Crippen LogP) is 4.90. The Labute approximate surface area is 198 Å². The van der Waals surface area contributed by atoms with Crippen LogP contribution in [-0.4, -0.2) is 26.3 Å². The Balaban J connectivity index is 1.56. The second-order valence-corrected chi connectivity index (χ2v) is 8.23. The van der Waals surface area contributed by atoms with E-state index in [-0.39, 0.29) is 12.1 Å². The molecule has 4 aromatic rings. The lowest BCUT2D eigenvalue weighted by atomic mass is 10.0. The van der Waals surface area contributed by atoms with Crippen molar-refractivity contribution in [1.29, 1.82) is 0 Å². The minimum atomic E-state index is -0.0900. The Morgan fingerprint density at radius 1 is 1.00 bits per heavy atom. The van der Waals surface area contributed by atoms with E-state index in [1.165, 1.54) is 0 Å². The van der Waals surface area contributed by atoms with Gasteiger partial charge in [0.25, 0.3) is 0 Å². The molecule has 166 valence electrons. The fraction of sp³-hybridized carbons (Fsp3) is 0.192. The van der Waals surface area contributed by atoms with Crippen LogP contribution < -0.4 is 15.0 Å². The topological polar surface area (TPSA) is 55.2 Å². The number of anilines is 1. The average molecular weight is 456 g/mol. The summed E-state index contributed by atoms with van der Waals surface area (Å²) in [6.45, 7) is 3.35. The zero-order valence-electron chi connectivity index (χ0n) is 18.3. The average Bonchev–Trinajstić information content (AvgIpc) is 3.44. The first kappa shape index (κ1) is 21.2. The molecule has 1 saturated heterocycles. The fourth-order valence-corrected chi connectivity index (χ4v) is 4.68. The first-order valence-corrected chi connectivity index (χ1v) is 11.4. The molecular formula is C26H25N5OS. The summed E-state index contributed by atoms with van der Waals surface area (Å²) in [7, 11) is 0. The number of hydrogen-bond acceptors (Lipinski definition) is 4. The number of nitrogens with one attached hydrogen (secondary N) is 1. The largest absolute Gasteiger partial charge is 0.494 e. The molecule has 33 heavy (non-hydrogen) atoms. The predicted molar refractivity (Wildman–Crippen MR) is 133 cm³/mol. The maximum absolute atomic E-state index is 5.84. The zero-order chi connectivity index (χ0) is 22.6. The van der Waals surface area contributed by atoms with Crippen molar-refractivity contribution >= 4 is 23.0 Å². The lowest BCUT2D eigenvalue weighted by Crippen LogP contribution is -2.30. The molecule has 2 atom stereocenters. The van der Waals surface area contributed by atoms with Crippen LogP contribution in [0.5, 0.6) is 5.75 Å². The van der Waals surface area contributed by atoms with E-state index in [9.17, 15) is 0 Å². The smallest absolute Gasteiger partial charge is 0.174 e. The highest BCUT2D eigenvalue weighted by Crippen LogP contribution is 2.42. The Morgan fingerprint density at radius 3 is 2.61 bits per heavy atom. The highest BCUT2D eigenvalue weighted by atomic mass is 32.1. The van der Waals surface area contributed by atoms with Crippen molar-refractivity contribution < 1.29 is 4.74 Å². The number of ether oxygens (including phenoxy) is 1. The maximum atomic E-state index is 5.84. The lowest BCUT2D eigenvalue weighted by Gasteiger charge is -2.29. The van der Waals surface area contributed by atoms with E-state index in [1.807, 2.05) is 55.7 Å². The summed E-state index contributed by atoms with van der Waals surface area (Å²) in [6, 6.07) is 22.2. The highest BCUT2D eigenvalue weighted by molar-refractivity contribution is 7.80. The third-order valence-electron chi connectivity index (χ3n) is 5.77. The molecular weight excluding hydrogens is 430 g/mol. The Bertz CT molecular complexity index is 1210. The number of pyridine rings is 2. The van der Waals surface area contributed by atoms with Gasteiger partial charge in [0, 0.05) is 42.7 Å². The number of thiocarbonyl (C=S) groups is 1. The molecule has 0 radical (unpaired) electrons. The van der Waals surface area contributed by atoms with Crippen molar-refractivity contribution in [3.05, 3.63) is 108 Å². The van der Waals surface area contributed by atoms with Gasteiger partial charge in [0.1, 0.15) is 11.8 Å². The minimum Gasteiger partial charge on any atom is -0.494 e. The summed E-state index contributed by atoms with van der Waals surface area (Å²) >= 11 is 5.84. The molecule has 0 saturated carbocycles. The van der Waals surface area contributed by atoms with Crippen molar-refractivity contribution in [3.63, 3.8) is 0 Å². The molecule has 4 heterocycles. The Kier molecular flexibility index (Phi) is 6.04. The first-order valence-electron chi connectivity index (χ1n) is 11.0. The quantitative estimate of drug-likeness (QED) is 0.400. The van der Waals surface area contributed by atoms with E-state index in [4.69, 9.17) is 17.0 Å². The Hall–Kier alpha value is -3.71. The molecule has 1 aromatic carbocycles. The van der Waals surface area contributed by atoms with E-state index < -0.39 is 0 Å². The van der Waals surface area contributed by atoms with E-state index >= 15 is 0 Å². The molecule has 0 spiro atoms. The second-order valence-electron chi connectivity index (χ2n) is 7.85. The molecule has 0 unspecified atom stereocenters. The maximum Gasteiger partial charge on any atom is 0.174 e. The number of aromatic nitrogens is 3. The van der Waals surface area contributed by atoms with Gasteiger partial charge in [0.2, 0.25) is 0 Å². The van der Waals surface area contributed by atoms with E-state index in [0.717, 1.165) is 34.9 Å². The van der Waals surface area contributed by atoms with Crippen LogP contribution >= 0.6 is 12.2 Å². The van der Waals surface area contributed by atoms with E-state index in [0.29, 0.717) is 11.7 Å². The molecule has 3 aromatic heterocycles. The van der Waals surface area contributed by atoms with Gasteiger partial charge in [-0.2, -0.15) is 0 Å². The lowest BCUT2D eigenvalue weighted by molar-refractivity contribution is 0.340. The summed E-state index contributed by atoms with van der Waals surface area (Å²) in [6.07, 6.45) is 7.63. The van der Waals surface area contributed by atoms with Gasteiger partial charge in [0.15, 0.2) is 5.11 Å². The van der Waals surface area contributed by atoms with Gasteiger partial charge in [-0.25, -0.2) is 0 Å². The van der Waals surface area contributed by atoms with Crippen molar-refractivity contribution in [2.75, 3.05) is 11.5 Å². The van der Waals surface area contributed by atoms with Gasteiger partial charge >= 0.3 is 0 Å². The van der Waals surface area contributed by atoms with Crippen LogP contribution in [0.4, 0.5) is 5.69 Å². The van der Waals surface area contributed by atoms with Crippen LogP contribution in [-0.2, 0) is 6.54 Å². The third-order valence-corrected chi connectivity index (χ3v) is 6.08. The Morgan fingerprint density at radius 2 is 1.88 bits per heavy atom. The van der Waals surface area contributed by atoms with Crippen LogP contribution in [0.15, 0.2) is 91.5 Å². The zero-order valence-corrected chi connectivity index (χ0v) is 19.2. The van der Waals surface area contributed by atoms with Crippen molar-refractivity contribution in [2.24, 2.45) is 0 Å². The molecule has 0 bridgehead atoms. The monoisotopic (exact) mass is 455 g/mol. The number of rotatable bonds is 7. The molecule has 0 amide bonds. The van der Waals surface area contributed by atoms with Gasteiger partial charge in [-0.3, -0.25) is 9.97 Å². The number of benzene rings is 1. The summed E-state index contributed by atoms with van der Waals surface area (Å²) in [5.74, 6) is 0.845. The van der Waals surface area contributed by atoms with Gasteiger partial charge in [0.05, 0.1) is 18.3 Å². The van der Waals surface area contributed by atoms with Crippen molar-refractivity contribution in [3.8, 4) is 5.75 Å². The summed E-state index contributed by atoms with van der Waals surface area (Å²) in [4.78, 5) is 11.1. The normalized spacial score (nSPS) is 17.7. The molecule has 1 N–H and O–H groups in total. The molecule has 7 heteroatoms. The SMILES string of the molecule is CCOc1ccc(N2C(=S)N[C@@H](c3ccccn3)[C@@H]2c2cccn2Cc2cccnc2)cc1. The summed E-state index contributed by atoms with van der Waals surface area (Å²) < 4.78 is 7.90.